The van der Waals surface area contributed by atoms with Gasteiger partial charge in [-0.15, -0.1) is 0 Å². The maximum Gasteiger partial charge on any atom is 0.224 e. The Labute approximate surface area is 124 Å². The quantitative estimate of drug-likeness (QED) is 0.549. The molecule has 0 rings (SSSR count). The first kappa shape index (κ1) is 21.2. The third kappa shape index (κ3) is 12.0. The second-order valence-electron chi connectivity index (χ2n) is 5.66. The molecule has 0 radical (unpaired) electrons. The predicted molar refractivity (Wildman–Crippen MR) is 82.5 cm³/mol. The van der Waals surface area contributed by atoms with E-state index in [2.05, 4.69) is 26.1 Å². The molecule has 0 saturated heterocycles. The van der Waals surface area contributed by atoms with Gasteiger partial charge in [-0.3, -0.25) is 9.59 Å². The monoisotopic (exact) mass is 288 g/mol. The van der Waals surface area contributed by atoms with Crippen LogP contribution in [0, 0.1) is 5.92 Å². The fourth-order valence-corrected chi connectivity index (χ4v) is 1.17. The number of amides is 2. The van der Waals surface area contributed by atoms with Crippen LogP contribution in [0.15, 0.2) is 0 Å². The second-order valence-corrected chi connectivity index (χ2v) is 5.66. The molecule has 0 aliphatic carbocycles. The van der Waals surface area contributed by atoms with Gasteiger partial charge < -0.3 is 15.0 Å². The first-order valence-electron chi connectivity index (χ1n) is 7.19. The van der Waals surface area contributed by atoms with Crippen LogP contribution in [0.25, 0.3) is 0 Å². The lowest BCUT2D eigenvalue weighted by molar-refractivity contribution is -0.133. The van der Waals surface area contributed by atoms with Gasteiger partial charge in [-0.05, 0) is 26.7 Å². The molecule has 1 N–H and O–H groups in total. The van der Waals surface area contributed by atoms with E-state index in [-0.39, 0.29) is 17.4 Å². The molecule has 0 aliphatic heterocycles. The van der Waals surface area contributed by atoms with Crippen molar-refractivity contribution in [2.75, 3.05) is 27.2 Å². The van der Waals surface area contributed by atoms with E-state index in [1.165, 1.54) is 0 Å². The Bertz CT molecular complexity index is 260. The van der Waals surface area contributed by atoms with Crippen molar-refractivity contribution in [1.29, 1.82) is 0 Å². The molecule has 0 saturated carbocycles. The lowest BCUT2D eigenvalue weighted by atomic mass is 10.1. The number of methoxy groups -OCH3 is 1. The summed E-state index contributed by atoms with van der Waals surface area (Å²) in [5, 5.41) is 2.55. The highest BCUT2D eigenvalue weighted by Crippen LogP contribution is 2.10. The van der Waals surface area contributed by atoms with Crippen molar-refractivity contribution in [1.82, 2.24) is 10.2 Å². The van der Waals surface area contributed by atoms with Crippen molar-refractivity contribution in [2.45, 2.75) is 53.1 Å². The van der Waals surface area contributed by atoms with Gasteiger partial charge in [0.05, 0.1) is 5.60 Å². The van der Waals surface area contributed by atoms with Crippen molar-refractivity contribution in [3.8, 4) is 0 Å². The largest absolute Gasteiger partial charge is 0.379 e. The second kappa shape index (κ2) is 11.7. The van der Waals surface area contributed by atoms with Crippen molar-refractivity contribution in [3.63, 3.8) is 0 Å². The Balaban J connectivity index is 0. The average Bonchev–Trinajstić information content (AvgIpc) is 2.43. The number of hydrogen-bond donors (Lipinski definition) is 1. The summed E-state index contributed by atoms with van der Waals surface area (Å²) in [4.78, 5) is 22.9. The van der Waals surface area contributed by atoms with E-state index in [0.29, 0.717) is 19.5 Å². The van der Waals surface area contributed by atoms with Crippen molar-refractivity contribution >= 4 is 12.3 Å². The zero-order chi connectivity index (χ0) is 16.2. The summed E-state index contributed by atoms with van der Waals surface area (Å²) in [6.45, 7) is 11.3. The fraction of sp³-hybridized carbons (Fsp3) is 0.867. The Morgan fingerprint density at radius 3 is 2.25 bits per heavy atom. The van der Waals surface area contributed by atoms with Crippen LogP contribution in [0.3, 0.4) is 0 Å². The van der Waals surface area contributed by atoms with Crippen LogP contribution < -0.4 is 5.32 Å². The van der Waals surface area contributed by atoms with Crippen LogP contribution in [0.2, 0.25) is 0 Å². The standard InChI is InChI=1S/C9H18N2O2.C6H14O/c1-8(2)9(13)11(3)6-4-5-10-7-12;1-5-6(2,3)7-4/h7-8H,4-6H2,1-3H3,(H,10,12);5H2,1-4H3. The summed E-state index contributed by atoms with van der Waals surface area (Å²) in [6, 6.07) is 0. The molecular formula is C15H32N2O3. The summed E-state index contributed by atoms with van der Waals surface area (Å²) in [6.07, 6.45) is 2.54. The molecule has 2 amide bonds. The highest BCUT2D eigenvalue weighted by atomic mass is 16.5. The van der Waals surface area contributed by atoms with Gasteiger partial charge in [0.15, 0.2) is 0 Å². The Morgan fingerprint density at radius 1 is 1.40 bits per heavy atom. The number of hydrogen-bond acceptors (Lipinski definition) is 3. The molecule has 20 heavy (non-hydrogen) atoms. The van der Waals surface area contributed by atoms with E-state index in [0.717, 1.165) is 12.8 Å². The number of ether oxygens (including phenoxy) is 1. The summed E-state index contributed by atoms with van der Waals surface area (Å²) in [5.41, 5.74) is 0.0833. The molecule has 0 aromatic carbocycles. The third-order valence-corrected chi connectivity index (χ3v) is 3.17. The highest BCUT2D eigenvalue weighted by Gasteiger charge is 2.11. The molecule has 0 aromatic heterocycles. The highest BCUT2D eigenvalue weighted by molar-refractivity contribution is 5.77. The Morgan fingerprint density at radius 2 is 1.95 bits per heavy atom. The minimum Gasteiger partial charge on any atom is -0.379 e. The topological polar surface area (TPSA) is 58.6 Å². The van der Waals surface area contributed by atoms with Crippen LogP contribution >= 0.6 is 0 Å². The fourth-order valence-electron chi connectivity index (χ4n) is 1.17. The maximum absolute atomic E-state index is 11.3. The maximum atomic E-state index is 11.3. The SMILES string of the molecule is CC(C)C(=O)N(C)CCCNC=O.CCC(C)(C)OC. The van der Waals surface area contributed by atoms with Gasteiger partial charge in [0.25, 0.3) is 0 Å². The van der Waals surface area contributed by atoms with E-state index in [9.17, 15) is 9.59 Å². The zero-order valence-corrected chi connectivity index (χ0v) is 14.2. The van der Waals surface area contributed by atoms with E-state index in [1.54, 1.807) is 19.1 Å². The number of nitrogens with one attached hydrogen (secondary N) is 1. The smallest absolute Gasteiger partial charge is 0.224 e. The van der Waals surface area contributed by atoms with Crippen LogP contribution in [0.5, 0.6) is 0 Å². The Kier molecular flexibility index (Phi) is 12.4. The minimum absolute atomic E-state index is 0.0454. The predicted octanol–water partition coefficient (Wildman–Crippen LogP) is 2.06. The van der Waals surface area contributed by atoms with Crippen LogP contribution in [0.4, 0.5) is 0 Å². The van der Waals surface area contributed by atoms with Gasteiger partial charge >= 0.3 is 0 Å². The van der Waals surface area contributed by atoms with Gasteiger partial charge in [0.2, 0.25) is 12.3 Å². The molecule has 5 nitrogen and oxygen atoms in total. The lowest BCUT2D eigenvalue weighted by Crippen LogP contribution is -2.32. The zero-order valence-electron chi connectivity index (χ0n) is 14.2. The summed E-state index contributed by atoms with van der Waals surface area (Å²) < 4.78 is 5.09. The first-order chi connectivity index (χ1) is 9.21. The number of carbonyl (C=O) groups is 2. The van der Waals surface area contributed by atoms with E-state index < -0.39 is 0 Å². The molecule has 0 unspecified atom stereocenters. The lowest BCUT2D eigenvalue weighted by Gasteiger charge is -2.19. The molecule has 0 aliphatic rings. The van der Waals surface area contributed by atoms with Crippen LogP contribution in [-0.4, -0.2) is 50.1 Å². The minimum atomic E-state index is 0.0454. The van der Waals surface area contributed by atoms with Crippen molar-refractivity contribution < 1.29 is 14.3 Å². The van der Waals surface area contributed by atoms with Gasteiger partial charge in [-0.1, -0.05) is 20.8 Å². The van der Waals surface area contributed by atoms with E-state index in [4.69, 9.17) is 4.74 Å². The summed E-state index contributed by atoms with van der Waals surface area (Å²) >= 11 is 0. The van der Waals surface area contributed by atoms with Gasteiger partial charge in [-0.2, -0.15) is 0 Å². The molecule has 120 valence electrons. The van der Waals surface area contributed by atoms with E-state index >= 15 is 0 Å². The Hall–Kier alpha value is -1.10. The molecule has 5 heteroatoms. The van der Waals surface area contributed by atoms with Gasteiger partial charge in [0, 0.05) is 33.2 Å². The number of nitrogens with zero attached hydrogens (tertiary/aromatic N) is 1. The van der Waals surface area contributed by atoms with Crippen molar-refractivity contribution in [3.05, 3.63) is 0 Å². The summed E-state index contributed by atoms with van der Waals surface area (Å²) in [7, 11) is 3.52. The van der Waals surface area contributed by atoms with E-state index in [1.807, 2.05) is 13.8 Å². The van der Waals surface area contributed by atoms with Gasteiger partial charge in [-0.25, -0.2) is 0 Å². The average molecular weight is 288 g/mol. The molecule has 0 bridgehead atoms. The first-order valence-corrected chi connectivity index (χ1v) is 7.19. The van der Waals surface area contributed by atoms with Crippen molar-refractivity contribution in [2.24, 2.45) is 5.92 Å². The third-order valence-electron chi connectivity index (χ3n) is 3.17. The molecule has 0 heterocycles. The normalized spacial score (nSPS) is 10.6. The number of rotatable bonds is 8. The summed E-state index contributed by atoms with van der Waals surface area (Å²) in [5.74, 6) is 0.190. The number of carbonyl (C=O) groups excluding carboxylic acids is 2. The molecular weight excluding hydrogens is 256 g/mol. The molecule has 0 atom stereocenters. The van der Waals surface area contributed by atoms with Gasteiger partial charge in [0.1, 0.15) is 0 Å². The van der Waals surface area contributed by atoms with Crippen LogP contribution in [-0.2, 0) is 14.3 Å². The molecule has 0 aromatic rings. The molecule has 0 spiro atoms. The van der Waals surface area contributed by atoms with Crippen LogP contribution in [0.1, 0.15) is 47.5 Å². The molecule has 0 fully saturated rings.